The minimum absolute atomic E-state index is 0.124. The normalized spacial score (nSPS) is 19.9. The van der Waals surface area contributed by atoms with E-state index in [0.717, 1.165) is 6.42 Å². The number of rotatable bonds is 3. The van der Waals surface area contributed by atoms with Crippen LogP contribution < -0.4 is 0 Å². The van der Waals surface area contributed by atoms with Crippen molar-refractivity contribution in [2.24, 2.45) is 5.92 Å². The summed E-state index contributed by atoms with van der Waals surface area (Å²) in [4.78, 5) is 11.4. The number of carbonyl (C=O) groups excluding carboxylic acids is 1. The van der Waals surface area contributed by atoms with Crippen LogP contribution in [0.4, 0.5) is 13.2 Å². The summed E-state index contributed by atoms with van der Waals surface area (Å²) in [7, 11) is 0. The molecule has 1 aliphatic heterocycles. The van der Waals surface area contributed by atoms with Gasteiger partial charge in [-0.25, -0.2) is 0 Å². The molecule has 1 saturated heterocycles. The Hall–Kier alpha value is -1.37. The molecule has 7 heteroatoms. The Bertz CT molecular complexity index is 488. The van der Waals surface area contributed by atoms with E-state index >= 15 is 0 Å². The first kappa shape index (κ1) is 14.0. The van der Waals surface area contributed by atoms with E-state index in [-0.39, 0.29) is 22.9 Å². The van der Waals surface area contributed by atoms with Crippen LogP contribution in [-0.4, -0.2) is 35.0 Å². The molecular weight excluding hydrogens is 261 g/mol. The molecule has 106 valence electrons. The van der Waals surface area contributed by atoms with E-state index in [4.69, 9.17) is 4.74 Å². The van der Waals surface area contributed by atoms with Crippen molar-refractivity contribution in [2.45, 2.75) is 33.0 Å². The fourth-order valence-corrected chi connectivity index (χ4v) is 2.32. The second-order valence-corrected chi connectivity index (χ2v) is 4.78. The summed E-state index contributed by atoms with van der Waals surface area (Å²) in [6.07, 6.45) is -4.00. The predicted octanol–water partition coefficient (Wildman–Crippen LogP) is 2.28. The molecular formula is C12H15F3N2O2. The fourth-order valence-electron chi connectivity index (χ4n) is 2.32. The fraction of sp³-hybridized carbons (Fsp3) is 0.667. The molecule has 2 rings (SSSR count). The van der Waals surface area contributed by atoms with Crippen molar-refractivity contribution < 1.29 is 22.7 Å². The third-order valence-corrected chi connectivity index (χ3v) is 3.32. The second-order valence-electron chi connectivity index (χ2n) is 4.78. The molecule has 1 aromatic heterocycles. The van der Waals surface area contributed by atoms with Crippen LogP contribution in [0.5, 0.6) is 0 Å². The standard InChI is InChI=1S/C12H15F3N2O2/c1-7-10(11(18)12(13,14)15)8(2)17(16-7)5-9-3-4-19-6-9/h9H,3-6H2,1-2H3. The van der Waals surface area contributed by atoms with Crippen molar-refractivity contribution in [2.75, 3.05) is 13.2 Å². The van der Waals surface area contributed by atoms with Gasteiger partial charge in [0.25, 0.3) is 5.78 Å². The highest BCUT2D eigenvalue weighted by Gasteiger charge is 2.42. The lowest BCUT2D eigenvalue weighted by atomic mass is 10.1. The third-order valence-electron chi connectivity index (χ3n) is 3.32. The predicted molar refractivity (Wildman–Crippen MR) is 61.0 cm³/mol. The summed E-state index contributed by atoms with van der Waals surface area (Å²) in [6.45, 7) is 4.65. The maximum Gasteiger partial charge on any atom is 0.455 e. The third kappa shape index (κ3) is 2.80. The highest BCUT2D eigenvalue weighted by Crippen LogP contribution is 2.26. The number of aromatic nitrogens is 2. The monoisotopic (exact) mass is 276 g/mol. The molecule has 4 nitrogen and oxygen atoms in total. The van der Waals surface area contributed by atoms with E-state index in [1.54, 1.807) is 0 Å². The topological polar surface area (TPSA) is 44.1 Å². The molecule has 1 unspecified atom stereocenters. The van der Waals surface area contributed by atoms with Gasteiger partial charge in [-0.15, -0.1) is 0 Å². The van der Waals surface area contributed by atoms with Crippen molar-refractivity contribution in [3.8, 4) is 0 Å². The van der Waals surface area contributed by atoms with Gasteiger partial charge < -0.3 is 4.74 Å². The highest BCUT2D eigenvalue weighted by atomic mass is 19.4. The Labute approximate surface area is 108 Å². The van der Waals surface area contributed by atoms with E-state index in [1.165, 1.54) is 18.5 Å². The van der Waals surface area contributed by atoms with Gasteiger partial charge in [0.2, 0.25) is 0 Å². The van der Waals surface area contributed by atoms with Crippen LogP contribution in [0, 0.1) is 19.8 Å². The summed E-state index contributed by atoms with van der Waals surface area (Å²) in [5.41, 5.74) is 0.0666. The van der Waals surface area contributed by atoms with Crippen molar-refractivity contribution in [3.05, 3.63) is 17.0 Å². The minimum Gasteiger partial charge on any atom is -0.381 e. The summed E-state index contributed by atoms with van der Waals surface area (Å²) in [5.74, 6) is -1.58. The molecule has 0 saturated carbocycles. The maximum atomic E-state index is 12.5. The second kappa shape index (κ2) is 4.96. The number of ketones is 1. The van der Waals surface area contributed by atoms with Crippen LogP contribution in [0.1, 0.15) is 28.2 Å². The van der Waals surface area contributed by atoms with Gasteiger partial charge in [-0.1, -0.05) is 0 Å². The molecule has 19 heavy (non-hydrogen) atoms. The van der Waals surface area contributed by atoms with Crippen molar-refractivity contribution in [1.29, 1.82) is 0 Å². The van der Waals surface area contributed by atoms with Crippen molar-refractivity contribution >= 4 is 5.78 Å². The van der Waals surface area contributed by atoms with Gasteiger partial charge in [0.1, 0.15) is 0 Å². The van der Waals surface area contributed by atoms with Crippen LogP contribution >= 0.6 is 0 Å². The van der Waals surface area contributed by atoms with Crippen LogP contribution in [0.15, 0.2) is 0 Å². The number of nitrogens with zero attached hydrogens (tertiary/aromatic N) is 2. The molecule has 1 atom stereocenters. The number of Topliss-reactive ketones (excluding diaryl/α,β-unsaturated/α-hetero) is 1. The van der Waals surface area contributed by atoms with Crippen LogP contribution in [0.3, 0.4) is 0 Å². The molecule has 1 aliphatic rings. The first-order valence-electron chi connectivity index (χ1n) is 6.04. The molecule has 0 radical (unpaired) electrons. The van der Waals surface area contributed by atoms with Crippen LogP contribution in [0.25, 0.3) is 0 Å². The van der Waals surface area contributed by atoms with E-state index in [9.17, 15) is 18.0 Å². The summed E-state index contributed by atoms with van der Waals surface area (Å²) >= 11 is 0. The lowest BCUT2D eigenvalue weighted by Crippen LogP contribution is -2.24. The van der Waals surface area contributed by atoms with Gasteiger partial charge in [-0.3, -0.25) is 9.48 Å². The van der Waals surface area contributed by atoms with Crippen molar-refractivity contribution in [3.63, 3.8) is 0 Å². The molecule has 0 amide bonds. The van der Waals surface area contributed by atoms with Crippen LogP contribution in [-0.2, 0) is 11.3 Å². The Morgan fingerprint density at radius 2 is 2.16 bits per heavy atom. The lowest BCUT2D eigenvalue weighted by Gasteiger charge is -2.10. The summed E-state index contributed by atoms with van der Waals surface area (Å²) in [6, 6.07) is 0. The Morgan fingerprint density at radius 3 is 2.68 bits per heavy atom. The molecule has 0 aliphatic carbocycles. The lowest BCUT2D eigenvalue weighted by molar-refractivity contribution is -0.0886. The number of hydrogen-bond donors (Lipinski definition) is 0. The Balaban J connectivity index is 2.26. The van der Waals surface area contributed by atoms with Gasteiger partial charge in [0.15, 0.2) is 0 Å². The zero-order valence-electron chi connectivity index (χ0n) is 10.8. The van der Waals surface area contributed by atoms with E-state index < -0.39 is 12.0 Å². The number of hydrogen-bond acceptors (Lipinski definition) is 3. The average molecular weight is 276 g/mol. The molecule has 0 spiro atoms. The summed E-state index contributed by atoms with van der Waals surface area (Å²) in [5, 5.41) is 4.05. The number of carbonyl (C=O) groups is 1. The zero-order chi connectivity index (χ0) is 14.2. The van der Waals surface area contributed by atoms with E-state index in [1.807, 2.05) is 0 Å². The zero-order valence-corrected chi connectivity index (χ0v) is 10.8. The summed E-state index contributed by atoms with van der Waals surface area (Å²) < 4.78 is 44.2. The number of ether oxygens (including phenoxy) is 1. The molecule has 0 bridgehead atoms. The molecule has 2 heterocycles. The van der Waals surface area contributed by atoms with E-state index in [0.29, 0.717) is 19.8 Å². The highest BCUT2D eigenvalue weighted by molar-refractivity contribution is 6.02. The minimum atomic E-state index is -4.86. The number of aryl methyl sites for hydroxylation is 1. The molecule has 1 fully saturated rings. The SMILES string of the molecule is Cc1nn(CC2CCOC2)c(C)c1C(=O)C(F)(F)F. The average Bonchev–Trinajstić information content (AvgIpc) is 2.87. The first-order valence-corrected chi connectivity index (χ1v) is 6.04. The van der Waals surface area contributed by atoms with Crippen LogP contribution in [0.2, 0.25) is 0 Å². The molecule has 0 N–H and O–H groups in total. The first-order chi connectivity index (χ1) is 8.80. The Morgan fingerprint density at radius 1 is 1.47 bits per heavy atom. The largest absolute Gasteiger partial charge is 0.455 e. The van der Waals surface area contributed by atoms with Gasteiger partial charge in [-0.05, 0) is 20.3 Å². The molecule has 0 aromatic carbocycles. The van der Waals surface area contributed by atoms with Gasteiger partial charge in [-0.2, -0.15) is 18.3 Å². The van der Waals surface area contributed by atoms with Crippen molar-refractivity contribution in [1.82, 2.24) is 9.78 Å². The van der Waals surface area contributed by atoms with Gasteiger partial charge in [0.05, 0.1) is 17.9 Å². The van der Waals surface area contributed by atoms with Gasteiger partial charge in [0, 0.05) is 24.8 Å². The van der Waals surface area contributed by atoms with E-state index in [2.05, 4.69) is 5.10 Å². The molecule has 1 aromatic rings. The number of halogens is 3. The van der Waals surface area contributed by atoms with Gasteiger partial charge >= 0.3 is 6.18 Å². The Kier molecular flexibility index (Phi) is 3.66. The quantitative estimate of drug-likeness (QED) is 0.796. The smallest absolute Gasteiger partial charge is 0.381 e. The number of alkyl halides is 3. The maximum absolute atomic E-state index is 12.5.